The maximum atomic E-state index is 12.8. The maximum Gasteiger partial charge on any atom is 0.123 e. The fourth-order valence-corrected chi connectivity index (χ4v) is 1.83. The zero-order chi connectivity index (χ0) is 13.8. The Hall–Kier alpha value is -1.58. The summed E-state index contributed by atoms with van der Waals surface area (Å²) in [6, 6.07) is 11.4. The molecule has 0 aromatic heterocycles. The van der Waals surface area contributed by atoms with Crippen LogP contribution in [-0.2, 0) is 0 Å². The third kappa shape index (κ3) is 3.46. The first-order chi connectivity index (χ1) is 9.08. The van der Waals surface area contributed by atoms with Crippen molar-refractivity contribution >= 4 is 34.6 Å². The fraction of sp³-hybridized carbons (Fsp3) is 0.0714. The van der Waals surface area contributed by atoms with Crippen molar-refractivity contribution in [1.82, 2.24) is 0 Å². The van der Waals surface area contributed by atoms with E-state index >= 15 is 0 Å². The van der Waals surface area contributed by atoms with E-state index in [9.17, 15) is 4.39 Å². The lowest BCUT2D eigenvalue weighted by molar-refractivity contribution is 0.628. The molecule has 0 aliphatic rings. The fourth-order valence-electron chi connectivity index (χ4n) is 1.49. The maximum absolute atomic E-state index is 12.8. The molecule has 2 aromatic carbocycles. The van der Waals surface area contributed by atoms with Crippen molar-refractivity contribution in [3.8, 4) is 0 Å². The van der Waals surface area contributed by atoms with Crippen molar-refractivity contribution in [1.29, 1.82) is 0 Å². The van der Waals surface area contributed by atoms with Crippen LogP contribution in [0, 0.1) is 5.82 Å². The molecule has 5 heteroatoms. The molecular formula is C14H11Cl2FN2. The molecule has 0 aliphatic carbocycles. The van der Waals surface area contributed by atoms with Gasteiger partial charge in [0.15, 0.2) is 0 Å². The first-order valence-electron chi connectivity index (χ1n) is 5.58. The minimum Gasteiger partial charge on any atom is -0.277 e. The molecule has 0 radical (unpaired) electrons. The van der Waals surface area contributed by atoms with Gasteiger partial charge in [0.25, 0.3) is 0 Å². The molecule has 0 spiro atoms. The monoisotopic (exact) mass is 296 g/mol. The van der Waals surface area contributed by atoms with Gasteiger partial charge in [-0.15, -0.1) is 0 Å². The number of benzene rings is 2. The predicted octanol–water partition coefficient (Wildman–Crippen LogP) is 4.97. The van der Waals surface area contributed by atoms with E-state index in [0.717, 1.165) is 11.3 Å². The third-order valence-corrected chi connectivity index (χ3v) is 3.38. The number of rotatable bonds is 3. The topological polar surface area (TPSA) is 24.4 Å². The number of anilines is 1. The van der Waals surface area contributed by atoms with Crippen molar-refractivity contribution in [2.24, 2.45) is 5.10 Å². The van der Waals surface area contributed by atoms with Crippen LogP contribution in [0.1, 0.15) is 12.5 Å². The lowest BCUT2D eigenvalue weighted by atomic mass is 10.1. The molecule has 0 amide bonds. The Balaban J connectivity index is 2.18. The molecule has 0 heterocycles. The zero-order valence-corrected chi connectivity index (χ0v) is 11.6. The second-order valence-electron chi connectivity index (χ2n) is 3.92. The molecular weight excluding hydrogens is 286 g/mol. The molecule has 0 fully saturated rings. The average molecular weight is 297 g/mol. The number of nitrogens with zero attached hydrogens (tertiary/aromatic N) is 1. The summed E-state index contributed by atoms with van der Waals surface area (Å²) in [6.45, 7) is 1.82. The second kappa shape index (κ2) is 6.04. The van der Waals surface area contributed by atoms with Gasteiger partial charge >= 0.3 is 0 Å². The standard InChI is InChI=1S/C14H11Cl2FN2/c1-9(10-5-7-11(17)8-6-10)18-19-13-4-2-3-12(15)14(13)16/h2-8,19H,1H3/b18-9-. The highest BCUT2D eigenvalue weighted by Crippen LogP contribution is 2.29. The molecule has 19 heavy (non-hydrogen) atoms. The summed E-state index contributed by atoms with van der Waals surface area (Å²) in [7, 11) is 0. The highest BCUT2D eigenvalue weighted by atomic mass is 35.5. The Bertz CT molecular complexity index is 609. The Morgan fingerprint density at radius 3 is 2.47 bits per heavy atom. The Morgan fingerprint density at radius 2 is 1.79 bits per heavy atom. The lowest BCUT2D eigenvalue weighted by Crippen LogP contribution is -2.00. The van der Waals surface area contributed by atoms with Crippen LogP contribution in [0.2, 0.25) is 10.0 Å². The largest absolute Gasteiger partial charge is 0.277 e. The van der Waals surface area contributed by atoms with Crippen molar-refractivity contribution in [2.75, 3.05) is 5.43 Å². The smallest absolute Gasteiger partial charge is 0.123 e. The van der Waals surface area contributed by atoms with Gasteiger partial charge < -0.3 is 0 Å². The molecule has 0 saturated carbocycles. The Morgan fingerprint density at radius 1 is 1.11 bits per heavy atom. The molecule has 0 unspecified atom stereocenters. The molecule has 98 valence electrons. The summed E-state index contributed by atoms with van der Waals surface area (Å²) in [4.78, 5) is 0. The summed E-state index contributed by atoms with van der Waals surface area (Å²) < 4.78 is 12.8. The van der Waals surface area contributed by atoms with E-state index in [-0.39, 0.29) is 5.82 Å². The first-order valence-corrected chi connectivity index (χ1v) is 6.34. The van der Waals surface area contributed by atoms with Gasteiger partial charge in [-0.25, -0.2) is 4.39 Å². The normalized spacial score (nSPS) is 11.5. The summed E-state index contributed by atoms with van der Waals surface area (Å²) >= 11 is 11.9. The molecule has 2 nitrogen and oxygen atoms in total. The number of nitrogens with one attached hydrogen (secondary N) is 1. The van der Waals surface area contributed by atoms with E-state index in [1.165, 1.54) is 12.1 Å². The van der Waals surface area contributed by atoms with Crippen LogP contribution in [0.3, 0.4) is 0 Å². The van der Waals surface area contributed by atoms with Gasteiger partial charge in [-0.3, -0.25) is 5.43 Å². The van der Waals surface area contributed by atoms with Gasteiger partial charge in [0.1, 0.15) is 5.82 Å². The average Bonchev–Trinajstić information content (AvgIpc) is 2.41. The highest BCUT2D eigenvalue weighted by molar-refractivity contribution is 6.43. The number of hydrazone groups is 1. The summed E-state index contributed by atoms with van der Waals surface area (Å²) in [5.41, 5.74) is 5.01. The SMILES string of the molecule is C/C(=N/Nc1cccc(Cl)c1Cl)c1ccc(F)cc1. The highest BCUT2D eigenvalue weighted by Gasteiger charge is 2.03. The van der Waals surface area contributed by atoms with Gasteiger partial charge in [-0.1, -0.05) is 41.4 Å². The van der Waals surface area contributed by atoms with E-state index in [4.69, 9.17) is 23.2 Å². The van der Waals surface area contributed by atoms with E-state index in [2.05, 4.69) is 10.5 Å². The van der Waals surface area contributed by atoms with Gasteiger partial charge in [0, 0.05) is 0 Å². The molecule has 2 rings (SSSR count). The van der Waals surface area contributed by atoms with Gasteiger partial charge in [0.2, 0.25) is 0 Å². The van der Waals surface area contributed by atoms with Gasteiger partial charge in [0.05, 0.1) is 21.4 Å². The molecule has 0 aliphatic heterocycles. The van der Waals surface area contributed by atoms with Crippen molar-refractivity contribution in [3.63, 3.8) is 0 Å². The predicted molar refractivity (Wildman–Crippen MR) is 78.7 cm³/mol. The van der Waals surface area contributed by atoms with Crippen LogP contribution in [0.5, 0.6) is 0 Å². The quantitative estimate of drug-likeness (QED) is 0.628. The van der Waals surface area contributed by atoms with E-state index < -0.39 is 0 Å². The molecule has 0 saturated heterocycles. The van der Waals surface area contributed by atoms with Crippen LogP contribution in [0.25, 0.3) is 0 Å². The van der Waals surface area contributed by atoms with Gasteiger partial charge in [-0.05, 0) is 36.8 Å². The summed E-state index contributed by atoms with van der Waals surface area (Å²) in [6.07, 6.45) is 0. The van der Waals surface area contributed by atoms with Crippen LogP contribution < -0.4 is 5.43 Å². The number of hydrogen-bond donors (Lipinski definition) is 1. The lowest BCUT2D eigenvalue weighted by Gasteiger charge is -2.06. The number of hydrogen-bond acceptors (Lipinski definition) is 2. The molecule has 1 N–H and O–H groups in total. The Labute approximate surface area is 120 Å². The van der Waals surface area contributed by atoms with E-state index in [0.29, 0.717) is 15.7 Å². The van der Waals surface area contributed by atoms with Crippen LogP contribution in [0.4, 0.5) is 10.1 Å². The zero-order valence-electron chi connectivity index (χ0n) is 10.1. The van der Waals surface area contributed by atoms with Gasteiger partial charge in [-0.2, -0.15) is 5.10 Å². The van der Waals surface area contributed by atoms with Crippen molar-refractivity contribution < 1.29 is 4.39 Å². The second-order valence-corrected chi connectivity index (χ2v) is 4.70. The van der Waals surface area contributed by atoms with Crippen LogP contribution in [0.15, 0.2) is 47.6 Å². The Kier molecular flexibility index (Phi) is 4.40. The summed E-state index contributed by atoms with van der Waals surface area (Å²) in [5, 5.41) is 5.07. The molecule has 2 aromatic rings. The number of halogens is 3. The molecule has 0 bridgehead atoms. The van der Waals surface area contributed by atoms with E-state index in [1.54, 1.807) is 30.3 Å². The van der Waals surface area contributed by atoms with Crippen molar-refractivity contribution in [2.45, 2.75) is 6.92 Å². The minimum atomic E-state index is -0.276. The van der Waals surface area contributed by atoms with E-state index in [1.807, 2.05) is 6.92 Å². The van der Waals surface area contributed by atoms with Crippen LogP contribution >= 0.6 is 23.2 Å². The van der Waals surface area contributed by atoms with Crippen molar-refractivity contribution in [3.05, 3.63) is 63.9 Å². The third-order valence-electron chi connectivity index (χ3n) is 2.56. The minimum absolute atomic E-state index is 0.276. The van der Waals surface area contributed by atoms with Crippen LogP contribution in [-0.4, -0.2) is 5.71 Å². The summed E-state index contributed by atoms with van der Waals surface area (Å²) in [5.74, 6) is -0.276. The first kappa shape index (κ1) is 13.8. The molecule has 0 atom stereocenters.